The van der Waals surface area contributed by atoms with Gasteiger partial charge in [0, 0.05) is 37.7 Å². The summed E-state index contributed by atoms with van der Waals surface area (Å²) in [6.45, 7) is 2.61. The van der Waals surface area contributed by atoms with Gasteiger partial charge < -0.3 is 19.7 Å². The zero-order chi connectivity index (χ0) is 17.6. The van der Waals surface area contributed by atoms with Crippen molar-refractivity contribution in [3.05, 3.63) is 29.8 Å². The van der Waals surface area contributed by atoms with Crippen LogP contribution in [0.2, 0.25) is 0 Å². The monoisotopic (exact) mass is 346 g/mol. The molecule has 3 rings (SSSR count). The van der Waals surface area contributed by atoms with Crippen LogP contribution in [0.4, 0.5) is 0 Å². The Bertz CT molecular complexity index is 605. The van der Waals surface area contributed by atoms with Gasteiger partial charge in [-0.3, -0.25) is 9.59 Å². The number of hydrogen-bond donors (Lipinski definition) is 1. The number of nitrogens with zero attached hydrogens (tertiary/aromatic N) is 1. The van der Waals surface area contributed by atoms with Gasteiger partial charge in [-0.1, -0.05) is 6.07 Å². The lowest BCUT2D eigenvalue weighted by Gasteiger charge is -2.31. The average Bonchev–Trinajstić information content (AvgIpc) is 3.19. The molecule has 0 bridgehead atoms. The first-order chi connectivity index (χ1) is 12.2. The first-order valence-corrected chi connectivity index (χ1v) is 9.00. The first kappa shape index (κ1) is 17.7. The van der Waals surface area contributed by atoms with Crippen molar-refractivity contribution in [2.75, 3.05) is 33.4 Å². The number of benzene rings is 1. The average molecular weight is 346 g/mol. The normalized spacial score (nSPS) is 21.2. The summed E-state index contributed by atoms with van der Waals surface area (Å²) in [4.78, 5) is 26.7. The van der Waals surface area contributed by atoms with Gasteiger partial charge in [0.15, 0.2) is 0 Å². The highest BCUT2D eigenvalue weighted by atomic mass is 16.5. The molecule has 1 atom stereocenters. The Labute approximate surface area is 148 Å². The Morgan fingerprint density at radius 1 is 1.28 bits per heavy atom. The Balaban J connectivity index is 1.47. The van der Waals surface area contributed by atoms with Gasteiger partial charge in [-0.05, 0) is 43.9 Å². The predicted molar refractivity (Wildman–Crippen MR) is 93.6 cm³/mol. The van der Waals surface area contributed by atoms with Crippen molar-refractivity contribution in [3.63, 3.8) is 0 Å². The Kier molecular flexibility index (Phi) is 5.91. The number of carbonyl (C=O) groups excluding carboxylic acids is 2. The number of piperidine rings is 1. The van der Waals surface area contributed by atoms with E-state index < -0.39 is 0 Å². The fraction of sp³-hybridized carbons (Fsp3) is 0.579. The topological polar surface area (TPSA) is 67.9 Å². The van der Waals surface area contributed by atoms with E-state index in [1.54, 1.807) is 19.2 Å². The minimum atomic E-state index is -0.0178. The molecule has 0 aliphatic carbocycles. The number of amides is 2. The number of hydrogen-bond acceptors (Lipinski definition) is 4. The molecule has 6 nitrogen and oxygen atoms in total. The number of carbonyl (C=O) groups is 2. The van der Waals surface area contributed by atoms with E-state index in [1.165, 1.54) is 0 Å². The second-order valence-electron chi connectivity index (χ2n) is 6.68. The van der Waals surface area contributed by atoms with Crippen LogP contribution in [0.1, 0.15) is 36.0 Å². The Morgan fingerprint density at radius 3 is 2.76 bits per heavy atom. The van der Waals surface area contributed by atoms with Crippen LogP contribution in [0, 0.1) is 5.92 Å². The Morgan fingerprint density at radius 2 is 2.08 bits per heavy atom. The largest absolute Gasteiger partial charge is 0.497 e. The molecule has 6 heteroatoms. The molecule has 0 spiro atoms. The molecule has 0 saturated carbocycles. The molecule has 25 heavy (non-hydrogen) atoms. The molecular formula is C19H26N2O4. The highest BCUT2D eigenvalue weighted by molar-refractivity contribution is 5.94. The summed E-state index contributed by atoms with van der Waals surface area (Å²) < 4.78 is 10.7. The molecule has 136 valence electrons. The van der Waals surface area contributed by atoms with Gasteiger partial charge in [0.1, 0.15) is 5.75 Å². The SMILES string of the molecule is COc1cccc(C(=O)N2CCC(C(=O)NCC3CCCO3)CC2)c1. The summed E-state index contributed by atoms with van der Waals surface area (Å²) in [6, 6.07) is 7.19. The molecule has 0 aromatic heterocycles. The molecule has 2 amide bonds. The number of ether oxygens (including phenoxy) is 2. The van der Waals surface area contributed by atoms with Crippen molar-refractivity contribution in [3.8, 4) is 5.75 Å². The third-order valence-electron chi connectivity index (χ3n) is 5.00. The molecule has 1 unspecified atom stereocenters. The van der Waals surface area contributed by atoms with Crippen LogP contribution in [0.15, 0.2) is 24.3 Å². The maximum atomic E-state index is 12.6. The van der Waals surface area contributed by atoms with E-state index in [2.05, 4.69) is 5.32 Å². The number of nitrogens with one attached hydrogen (secondary N) is 1. The van der Waals surface area contributed by atoms with Gasteiger partial charge in [0.25, 0.3) is 5.91 Å². The summed E-state index contributed by atoms with van der Waals surface area (Å²) in [5.41, 5.74) is 0.626. The molecule has 2 aliphatic heterocycles. The summed E-state index contributed by atoms with van der Waals surface area (Å²) in [7, 11) is 1.59. The number of rotatable bonds is 5. The second kappa shape index (κ2) is 8.34. The Hall–Kier alpha value is -2.08. The predicted octanol–water partition coefficient (Wildman–Crippen LogP) is 1.84. The molecule has 0 radical (unpaired) electrons. The standard InChI is InChI=1S/C19H26N2O4/c1-24-16-5-2-4-15(12-16)19(23)21-9-7-14(8-10-21)18(22)20-13-17-6-3-11-25-17/h2,4-5,12,14,17H,3,6-11,13H2,1H3,(H,20,22). The second-order valence-corrected chi connectivity index (χ2v) is 6.68. The maximum absolute atomic E-state index is 12.6. The van der Waals surface area contributed by atoms with Gasteiger partial charge in [0.2, 0.25) is 5.91 Å². The summed E-state index contributed by atoms with van der Waals surface area (Å²) in [5, 5.41) is 3.00. The number of likely N-dealkylation sites (tertiary alicyclic amines) is 1. The quantitative estimate of drug-likeness (QED) is 0.883. The van der Waals surface area contributed by atoms with Crippen molar-refractivity contribution < 1.29 is 19.1 Å². The van der Waals surface area contributed by atoms with Crippen molar-refractivity contribution in [1.82, 2.24) is 10.2 Å². The first-order valence-electron chi connectivity index (χ1n) is 9.00. The van der Waals surface area contributed by atoms with Crippen LogP contribution in [0.5, 0.6) is 5.75 Å². The van der Waals surface area contributed by atoms with E-state index in [0.717, 1.165) is 19.4 Å². The van der Waals surface area contributed by atoms with Gasteiger partial charge >= 0.3 is 0 Å². The lowest BCUT2D eigenvalue weighted by Crippen LogP contribution is -2.44. The van der Waals surface area contributed by atoms with Crippen LogP contribution < -0.4 is 10.1 Å². The highest BCUT2D eigenvalue weighted by Crippen LogP contribution is 2.21. The highest BCUT2D eigenvalue weighted by Gasteiger charge is 2.28. The van der Waals surface area contributed by atoms with Crippen molar-refractivity contribution in [1.29, 1.82) is 0 Å². The van der Waals surface area contributed by atoms with Crippen LogP contribution in [0.3, 0.4) is 0 Å². The van der Waals surface area contributed by atoms with Crippen LogP contribution in [0.25, 0.3) is 0 Å². The summed E-state index contributed by atoms with van der Waals surface area (Å²) in [5.74, 6) is 0.742. The van der Waals surface area contributed by atoms with Crippen molar-refractivity contribution >= 4 is 11.8 Å². The summed E-state index contributed by atoms with van der Waals surface area (Å²) >= 11 is 0. The van der Waals surface area contributed by atoms with E-state index in [1.807, 2.05) is 17.0 Å². The lowest BCUT2D eigenvalue weighted by molar-refractivity contribution is -0.126. The van der Waals surface area contributed by atoms with Gasteiger partial charge in [0.05, 0.1) is 13.2 Å². The third-order valence-corrected chi connectivity index (χ3v) is 5.00. The van der Waals surface area contributed by atoms with Gasteiger partial charge in [-0.2, -0.15) is 0 Å². The fourth-order valence-corrected chi connectivity index (χ4v) is 3.45. The van der Waals surface area contributed by atoms with Crippen LogP contribution >= 0.6 is 0 Å². The fourth-order valence-electron chi connectivity index (χ4n) is 3.45. The minimum Gasteiger partial charge on any atom is -0.497 e. The van der Waals surface area contributed by atoms with Crippen LogP contribution in [-0.4, -0.2) is 56.2 Å². The zero-order valence-electron chi connectivity index (χ0n) is 14.7. The molecule has 2 saturated heterocycles. The van der Waals surface area contributed by atoms with E-state index in [-0.39, 0.29) is 23.8 Å². The third kappa shape index (κ3) is 4.51. The summed E-state index contributed by atoms with van der Waals surface area (Å²) in [6.07, 6.45) is 3.66. The van der Waals surface area contributed by atoms with Gasteiger partial charge in [-0.15, -0.1) is 0 Å². The van der Waals surface area contributed by atoms with E-state index in [9.17, 15) is 9.59 Å². The molecule has 1 aromatic rings. The molecule has 2 fully saturated rings. The number of methoxy groups -OCH3 is 1. The maximum Gasteiger partial charge on any atom is 0.253 e. The molecule has 1 N–H and O–H groups in total. The molecule has 2 aliphatic rings. The van der Waals surface area contributed by atoms with Gasteiger partial charge in [-0.25, -0.2) is 0 Å². The molecule has 2 heterocycles. The van der Waals surface area contributed by atoms with Crippen LogP contribution in [-0.2, 0) is 9.53 Å². The molecular weight excluding hydrogens is 320 g/mol. The van der Waals surface area contributed by atoms with Crippen molar-refractivity contribution in [2.24, 2.45) is 5.92 Å². The van der Waals surface area contributed by atoms with E-state index in [0.29, 0.717) is 43.8 Å². The molecule has 1 aromatic carbocycles. The smallest absolute Gasteiger partial charge is 0.253 e. The minimum absolute atomic E-state index is 0.00267. The van der Waals surface area contributed by atoms with E-state index >= 15 is 0 Å². The zero-order valence-corrected chi connectivity index (χ0v) is 14.7. The van der Waals surface area contributed by atoms with Crippen molar-refractivity contribution in [2.45, 2.75) is 31.8 Å². The lowest BCUT2D eigenvalue weighted by atomic mass is 9.95. The van der Waals surface area contributed by atoms with E-state index in [4.69, 9.17) is 9.47 Å².